The number of aryl methyl sites for hydroxylation is 1. The quantitative estimate of drug-likeness (QED) is 0.903. The monoisotopic (exact) mass is 278 g/mol. The first-order valence-electron chi connectivity index (χ1n) is 7.22. The SMILES string of the molecule is COc1ccc(C2(O)CCC3(CC2)OCCO3)cc1C. The van der Waals surface area contributed by atoms with Crippen LogP contribution in [0.5, 0.6) is 5.75 Å². The molecule has 2 aliphatic rings. The summed E-state index contributed by atoms with van der Waals surface area (Å²) < 4.78 is 16.7. The summed E-state index contributed by atoms with van der Waals surface area (Å²) in [7, 11) is 1.66. The average molecular weight is 278 g/mol. The van der Waals surface area contributed by atoms with Gasteiger partial charge in [0.05, 0.1) is 25.9 Å². The van der Waals surface area contributed by atoms with Crippen LogP contribution in [0.15, 0.2) is 18.2 Å². The average Bonchev–Trinajstić information content (AvgIpc) is 2.91. The van der Waals surface area contributed by atoms with Gasteiger partial charge in [-0.05, 0) is 43.0 Å². The molecule has 1 N–H and O–H groups in total. The highest BCUT2D eigenvalue weighted by atomic mass is 16.7. The number of rotatable bonds is 2. The van der Waals surface area contributed by atoms with Crippen molar-refractivity contribution in [2.75, 3.05) is 20.3 Å². The molecule has 1 aliphatic heterocycles. The Labute approximate surface area is 119 Å². The van der Waals surface area contributed by atoms with Crippen molar-refractivity contribution in [3.8, 4) is 5.75 Å². The van der Waals surface area contributed by atoms with Crippen LogP contribution in [0.25, 0.3) is 0 Å². The lowest BCUT2D eigenvalue weighted by Crippen LogP contribution is -2.42. The number of ether oxygens (including phenoxy) is 3. The molecular weight excluding hydrogens is 256 g/mol. The first kappa shape index (κ1) is 13.9. The highest BCUT2D eigenvalue weighted by Gasteiger charge is 2.46. The first-order valence-corrected chi connectivity index (χ1v) is 7.22. The molecule has 1 aliphatic carbocycles. The molecule has 4 heteroatoms. The van der Waals surface area contributed by atoms with Gasteiger partial charge < -0.3 is 19.3 Å². The van der Waals surface area contributed by atoms with Crippen LogP contribution >= 0.6 is 0 Å². The number of hydrogen-bond acceptors (Lipinski definition) is 4. The van der Waals surface area contributed by atoms with Gasteiger partial charge in [-0.25, -0.2) is 0 Å². The lowest BCUT2D eigenvalue weighted by Gasteiger charge is -2.41. The van der Waals surface area contributed by atoms with Crippen LogP contribution < -0.4 is 4.74 Å². The van der Waals surface area contributed by atoms with Gasteiger partial charge in [0.1, 0.15) is 5.75 Å². The standard InChI is InChI=1S/C16H22O4/c1-12-11-13(3-4-14(12)18-2)15(17)5-7-16(8-6-15)19-9-10-20-16/h3-4,11,17H,5-10H2,1-2H3. The molecular formula is C16H22O4. The summed E-state index contributed by atoms with van der Waals surface area (Å²) in [6.07, 6.45) is 2.82. The number of methoxy groups -OCH3 is 1. The molecule has 4 nitrogen and oxygen atoms in total. The van der Waals surface area contributed by atoms with Crippen LogP contribution in [0.3, 0.4) is 0 Å². The molecule has 1 spiro atoms. The van der Waals surface area contributed by atoms with E-state index in [9.17, 15) is 5.11 Å². The Morgan fingerprint density at radius 2 is 1.75 bits per heavy atom. The molecule has 1 heterocycles. The maximum atomic E-state index is 10.9. The zero-order chi connectivity index (χ0) is 14.2. The fourth-order valence-electron chi connectivity index (χ4n) is 3.29. The van der Waals surface area contributed by atoms with E-state index in [2.05, 4.69) is 0 Å². The molecule has 1 aromatic carbocycles. The summed E-state index contributed by atoms with van der Waals surface area (Å²) in [6.45, 7) is 3.33. The van der Waals surface area contributed by atoms with Crippen LogP contribution in [-0.2, 0) is 15.1 Å². The largest absolute Gasteiger partial charge is 0.496 e. The molecule has 110 valence electrons. The molecule has 1 saturated heterocycles. The molecule has 0 amide bonds. The summed E-state index contributed by atoms with van der Waals surface area (Å²) in [6, 6.07) is 5.91. The lowest BCUT2D eigenvalue weighted by molar-refractivity contribution is -0.204. The Balaban J connectivity index is 1.78. The lowest BCUT2D eigenvalue weighted by atomic mass is 9.77. The van der Waals surface area contributed by atoms with Crippen molar-refractivity contribution >= 4 is 0 Å². The number of benzene rings is 1. The highest BCUT2D eigenvalue weighted by molar-refractivity contribution is 5.38. The molecule has 1 aromatic rings. The maximum absolute atomic E-state index is 10.9. The minimum atomic E-state index is -0.780. The van der Waals surface area contributed by atoms with E-state index in [-0.39, 0.29) is 0 Å². The van der Waals surface area contributed by atoms with Gasteiger partial charge in [0.15, 0.2) is 5.79 Å². The number of aliphatic hydroxyl groups is 1. The Bertz CT molecular complexity index is 481. The van der Waals surface area contributed by atoms with Crippen LogP contribution in [0.2, 0.25) is 0 Å². The zero-order valence-electron chi connectivity index (χ0n) is 12.1. The second-order valence-electron chi connectivity index (χ2n) is 5.82. The van der Waals surface area contributed by atoms with Crippen LogP contribution in [0, 0.1) is 6.92 Å². The van der Waals surface area contributed by atoms with Crippen molar-refractivity contribution in [1.82, 2.24) is 0 Å². The summed E-state index contributed by atoms with van der Waals surface area (Å²) in [4.78, 5) is 0. The molecule has 1 saturated carbocycles. The minimum Gasteiger partial charge on any atom is -0.496 e. The van der Waals surface area contributed by atoms with E-state index in [1.165, 1.54) is 0 Å². The summed E-state index contributed by atoms with van der Waals surface area (Å²) in [5, 5.41) is 10.9. The third kappa shape index (κ3) is 2.32. The third-order valence-electron chi connectivity index (χ3n) is 4.58. The van der Waals surface area contributed by atoms with Gasteiger partial charge in [-0.15, -0.1) is 0 Å². The van der Waals surface area contributed by atoms with E-state index in [1.54, 1.807) is 7.11 Å². The number of hydrogen-bond donors (Lipinski definition) is 1. The molecule has 0 bridgehead atoms. The van der Waals surface area contributed by atoms with Crippen LogP contribution in [-0.4, -0.2) is 31.2 Å². The highest BCUT2D eigenvalue weighted by Crippen LogP contribution is 2.45. The Morgan fingerprint density at radius 3 is 2.30 bits per heavy atom. The van der Waals surface area contributed by atoms with Gasteiger partial charge in [-0.1, -0.05) is 6.07 Å². The van der Waals surface area contributed by atoms with E-state index < -0.39 is 11.4 Å². The van der Waals surface area contributed by atoms with Crippen molar-refractivity contribution < 1.29 is 19.3 Å². The topological polar surface area (TPSA) is 47.9 Å². The third-order valence-corrected chi connectivity index (χ3v) is 4.58. The van der Waals surface area contributed by atoms with Gasteiger partial charge in [-0.2, -0.15) is 0 Å². The van der Waals surface area contributed by atoms with Crippen LogP contribution in [0.1, 0.15) is 36.8 Å². The smallest absolute Gasteiger partial charge is 0.168 e. The first-order chi connectivity index (χ1) is 9.57. The van der Waals surface area contributed by atoms with Crippen molar-refractivity contribution in [2.45, 2.75) is 44.0 Å². The Morgan fingerprint density at radius 1 is 1.10 bits per heavy atom. The van der Waals surface area contributed by atoms with Crippen molar-refractivity contribution in [2.24, 2.45) is 0 Å². The summed E-state index contributed by atoms with van der Waals surface area (Å²) in [5.41, 5.74) is 1.23. The molecule has 0 aromatic heterocycles. The fourth-order valence-corrected chi connectivity index (χ4v) is 3.29. The van der Waals surface area contributed by atoms with Gasteiger partial charge in [0.25, 0.3) is 0 Å². The minimum absolute atomic E-state index is 0.437. The van der Waals surface area contributed by atoms with Crippen molar-refractivity contribution in [3.05, 3.63) is 29.3 Å². The van der Waals surface area contributed by atoms with Gasteiger partial charge in [0.2, 0.25) is 0 Å². The predicted octanol–water partition coefficient (Wildman–Crippen LogP) is 2.51. The van der Waals surface area contributed by atoms with E-state index in [1.807, 2.05) is 25.1 Å². The molecule has 0 radical (unpaired) electrons. The summed E-state index contributed by atoms with van der Waals surface area (Å²) in [5.74, 6) is 0.417. The van der Waals surface area contributed by atoms with Gasteiger partial charge >= 0.3 is 0 Å². The molecule has 20 heavy (non-hydrogen) atoms. The molecule has 0 unspecified atom stereocenters. The zero-order valence-corrected chi connectivity index (χ0v) is 12.1. The van der Waals surface area contributed by atoms with Gasteiger partial charge in [-0.3, -0.25) is 0 Å². The summed E-state index contributed by atoms with van der Waals surface area (Å²) >= 11 is 0. The van der Waals surface area contributed by atoms with E-state index in [4.69, 9.17) is 14.2 Å². The van der Waals surface area contributed by atoms with E-state index >= 15 is 0 Å². The fraction of sp³-hybridized carbons (Fsp3) is 0.625. The van der Waals surface area contributed by atoms with Crippen molar-refractivity contribution in [3.63, 3.8) is 0 Å². The normalized spacial score (nSPS) is 23.9. The van der Waals surface area contributed by atoms with Gasteiger partial charge in [0, 0.05) is 12.8 Å². The molecule has 3 rings (SSSR count). The second kappa shape index (κ2) is 5.02. The van der Waals surface area contributed by atoms with Crippen molar-refractivity contribution in [1.29, 1.82) is 0 Å². The van der Waals surface area contributed by atoms with E-state index in [0.717, 1.165) is 29.7 Å². The molecule has 0 atom stereocenters. The molecule has 2 fully saturated rings. The van der Waals surface area contributed by atoms with Crippen LogP contribution in [0.4, 0.5) is 0 Å². The Hall–Kier alpha value is -1.10. The Kier molecular flexibility index (Phi) is 3.48. The maximum Gasteiger partial charge on any atom is 0.168 e. The second-order valence-corrected chi connectivity index (χ2v) is 5.82. The predicted molar refractivity (Wildman–Crippen MR) is 74.7 cm³/mol. The van der Waals surface area contributed by atoms with E-state index in [0.29, 0.717) is 26.1 Å².